The van der Waals surface area contributed by atoms with Crippen molar-refractivity contribution in [2.75, 3.05) is 11.9 Å². The summed E-state index contributed by atoms with van der Waals surface area (Å²) in [4.78, 5) is 18.2. The zero-order chi connectivity index (χ0) is 18.3. The number of amides is 1. The van der Waals surface area contributed by atoms with Gasteiger partial charge < -0.3 is 15.3 Å². The number of aromatic nitrogens is 1. The SMILES string of the molecule is O=CN1CC[C@@H](O)C1c1c(Nc2ccc(I)cc2F)sc2ncccc12. The minimum Gasteiger partial charge on any atom is -0.391 e. The van der Waals surface area contributed by atoms with Crippen LogP contribution in [0.2, 0.25) is 0 Å². The maximum atomic E-state index is 14.3. The zero-order valence-electron chi connectivity index (χ0n) is 13.5. The lowest BCUT2D eigenvalue weighted by atomic mass is 10.0. The highest BCUT2D eigenvalue weighted by molar-refractivity contribution is 14.1. The molecule has 26 heavy (non-hydrogen) atoms. The molecule has 0 spiro atoms. The molecule has 0 radical (unpaired) electrons. The molecular weight excluding hydrogens is 468 g/mol. The molecule has 5 nitrogen and oxygen atoms in total. The van der Waals surface area contributed by atoms with Gasteiger partial charge in [0.15, 0.2) is 0 Å². The summed E-state index contributed by atoms with van der Waals surface area (Å²) in [5, 5.41) is 15.2. The number of fused-ring (bicyclic) bond motifs is 1. The van der Waals surface area contributed by atoms with Gasteiger partial charge in [0, 0.05) is 27.3 Å². The van der Waals surface area contributed by atoms with Gasteiger partial charge in [0.25, 0.3) is 0 Å². The lowest BCUT2D eigenvalue weighted by Crippen LogP contribution is -2.26. The van der Waals surface area contributed by atoms with Gasteiger partial charge >= 0.3 is 0 Å². The number of anilines is 2. The van der Waals surface area contributed by atoms with E-state index < -0.39 is 12.1 Å². The van der Waals surface area contributed by atoms with Crippen molar-refractivity contribution in [3.63, 3.8) is 0 Å². The number of hydrogen-bond donors (Lipinski definition) is 2. The van der Waals surface area contributed by atoms with Crippen LogP contribution in [0.4, 0.5) is 15.1 Å². The average molecular weight is 483 g/mol. The lowest BCUT2D eigenvalue weighted by molar-refractivity contribution is -0.119. The van der Waals surface area contributed by atoms with E-state index in [9.17, 15) is 14.3 Å². The number of thiophene rings is 1. The Balaban J connectivity index is 1.85. The second kappa shape index (κ2) is 7.09. The summed E-state index contributed by atoms with van der Waals surface area (Å²) < 4.78 is 15.1. The van der Waals surface area contributed by atoms with E-state index in [2.05, 4.69) is 32.9 Å². The van der Waals surface area contributed by atoms with Gasteiger partial charge in [-0.1, -0.05) is 11.3 Å². The second-order valence-corrected chi connectivity index (χ2v) is 8.34. The van der Waals surface area contributed by atoms with Crippen LogP contribution in [0.15, 0.2) is 36.5 Å². The number of carbonyl (C=O) groups excluding carboxylic acids is 1. The number of nitrogens with one attached hydrogen (secondary N) is 1. The van der Waals surface area contributed by atoms with E-state index >= 15 is 0 Å². The molecule has 1 amide bonds. The Kier molecular flexibility index (Phi) is 4.80. The van der Waals surface area contributed by atoms with Gasteiger partial charge in [-0.25, -0.2) is 9.37 Å². The predicted octanol–water partition coefficient (Wildman–Crippen LogP) is 4.05. The third-order valence-corrected chi connectivity index (χ3v) is 6.24. The van der Waals surface area contributed by atoms with Crippen LogP contribution in [0.3, 0.4) is 0 Å². The molecule has 1 aliphatic heterocycles. The molecule has 134 valence electrons. The Morgan fingerprint density at radius 1 is 1.42 bits per heavy atom. The molecule has 1 aromatic carbocycles. The number of nitrogens with zero attached hydrogens (tertiary/aromatic N) is 2. The van der Waals surface area contributed by atoms with Crippen molar-refractivity contribution in [2.24, 2.45) is 0 Å². The van der Waals surface area contributed by atoms with Gasteiger partial charge in [0.1, 0.15) is 15.6 Å². The van der Waals surface area contributed by atoms with Gasteiger partial charge in [-0.3, -0.25) is 4.79 Å². The number of pyridine rings is 1. The van der Waals surface area contributed by atoms with E-state index in [-0.39, 0.29) is 5.82 Å². The number of aliphatic hydroxyl groups is 1. The molecule has 1 saturated heterocycles. The minimum atomic E-state index is -0.666. The van der Waals surface area contributed by atoms with Crippen LogP contribution in [-0.2, 0) is 4.79 Å². The van der Waals surface area contributed by atoms with E-state index in [0.29, 0.717) is 23.7 Å². The number of hydrogen-bond acceptors (Lipinski definition) is 5. The Bertz CT molecular complexity index is 980. The Morgan fingerprint density at radius 3 is 3.04 bits per heavy atom. The topological polar surface area (TPSA) is 65.5 Å². The van der Waals surface area contributed by atoms with Crippen LogP contribution in [0.1, 0.15) is 18.0 Å². The van der Waals surface area contributed by atoms with Crippen molar-refractivity contribution < 1.29 is 14.3 Å². The highest BCUT2D eigenvalue weighted by Gasteiger charge is 2.37. The molecule has 0 bridgehead atoms. The van der Waals surface area contributed by atoms with Gasteiger partial charge in [-0.15, -0.1) is 0 Å². The number of likely N-dealkylation sites (tertiary alicyclic amines) is 1. The number of benzene rings is 1. The molecule has 2 N–H and O–H groups in total. The van der Waals surface area contributed by atoms with Crippen molar-refractivity contribution in [1.29, 1.82) is 0 Å². The number of carbonyl (C=O) groups is 1. The standard InChI is InChI=1S/C18H15FIN3O2S/c19-12-8-10(20)3-4-13(12)22-18-15(11-2-1-6-21-17(11)26-18)16-14(25)5-7-23(16)9-24/h1-4,6,8-9,14,16,22,25H,5,7H2/t14-,16?/m1/s1. The normalized spacial score (nSPS) is 19.9. The maximum Gasteiger partial charge on any atom is 0.210 e. The Morgan fingerprint density at radius 2 is 2.27 bits per heavy atom. The third-order valence-electron chi connectivity index (χ3n) is 4.52. The zero-order valence-corrected chi connectivity index (χ0v) is 16.5. The first-order chi connectivity index (χ1) is 12.6. The van der Waals surface area contributed by atoms with Crippen LogP contribution in [0, 0.1) is 9.39 Å². The Labute approximate surface area is 167 Å². The number of halogens is 2. The van der Waals surface area contributed by atoms with Gasteiger partial charge in [-0.2, -0.15) is 0 Å². The first kappa shape index (κ1) is 17.6. The summed E-state index contributed by atoms with van der Waals surface area (Å²) in [7, 11) is 0. The first-order valence-electron chi connectivity index (χ1n) is 8.07. The fraction of sp³-hybridized carbons (Fsp3) is 0.222. The molecule has 2 atom stereocenters. The molecule has 3 heterocycles. The fourth-order valence-electron chi connectivity index (χ4n) is 3.33. The van der Waals surface area contributed by atoms with Crippen molar-refractivity contribution >= 4 is 61.2 Å². The summed E-state index contributed by atoms with van der Waals surface area (Å²) in [6, 6.07) is 8.22. The van der Waals surface area contributed by atoms with E-state index in [4.69, 9.17) is 0 Å². The smallest absolute Gasteiger partial charge is 0.210 e. The molecule has 8 heteroatoms. The summed E-state index contributed by atoms with van der Waals surface area (Å²) in [5.74, 6) is -0.354. The second-order valence-electron chi connectivity index (χ2n) is 6.09. The molecule has 1 aliphatic rings. The molecule has 4 rings (SSSR count). The summed E-state index contributed by atoms with van der Waals surface area (Å²) >= 11 is 3.45. The summed E-state index contributed by atoms with van der Waals surface area (Å²) in [5.41, 5.74) is 1.14. The molecule has 1 fully saturated rings. The summed E-state index contributed by atoms with van der Waals surface area (Å²) in [6.07, 6.45) is 2.30. The molecule has 1 unspecified atom stereocenters. The molecule has 3 aromatic rings. The molecule has 2 aromatic heterocycles. The van der Waals surface area contributed by atoms with Crippen molar-refractivity contribution in [3.8, 4) is 0 Å². The van der Waals surface area contributed by atoms with E-state index in [1.54, 1.807) is 17.2 Å². The van der Waals surface area contributed by atoms with Crippen molar-refractivity contribution in [1.82, 2.24) is 9.88 Å². The van der Waals surface area contributed by atoms with Crippen LogP contribution >= 0.6 is 33.9 Å². The van der Waals surface area contributed by atoms with E-state index in [0.717, 1.165) is 25.8 Å². The van der Waals surface area contributed by atoms with E-state index in [1.165, 1.54) is 17.4 Å². The highest BCUT2D eigenvalue weighted by atomic mass is 127. The predicted molar refractivity (Wildman–Crippen MR) is 108 cm³/mol. The van der Waals surface area contributed by atoms with Crippen LogP contribution in [0.25, 0.3) is 10.2 Å². The average Bonchev–Trinajstić information content (AvgIpc) is 3.16. The van der Waals surface area contributed by atoms with Crippen LogP contribution in [-0.4, -0.2) is 34.0 Å². The largest absolute Gasteiger partial charge is 0.391 e. The Hall–Kier alpha value is -1.78. The number of rotatable bonds is 4. The number of aliphatic hydroxyl groups excluding tert-OH is 1. The first-order valence-corrected chi connectivity index (χ1v) is 9.96. The van der Waals surface area contributed by atoms with Gasteiger partial charge in [0.05, 0.1) is 17.8 Å². The quantitative estimate of drug-likeness (QED) is 0.434. The third kappa shape index (κ3) is 3.06. The van der Waals surface area contributed by atoms with Crippen molar-refractivity contribution in [3.05, 3.63) is 51.5 Å². The van der Waals surface area contributed by atoms with Crippen LogP contribution in [0.5, 0.6) is 0 Å². The maximum absolute atomic E-state index is 14.3. The van der Waals surface area contributed by atoms with Gasteiger partial charge in [-0.05, 0) is 59.3 Å². The van der Waals surface area contributed by atoms with E-state index in [1.807, 2.05) is 18.2 Å². The molecule has 0 saturated carbocycles. The molecular formula is C18H15FIN3O2S. The lowest BCUT2D eigenvalue weighted by Gasteiger charge is -2.24. The summed E-state index contributed by atoms with van der Waals surface area (Å²) in [6.45, 7) is 0.490. The van der Waals surface area contributed by atoms with Crippen molar-refractivity contribution in [2.45, 2.75) is 18.6 Å². The van der Waals surface area contributed by atoms with Gasteiger partial charge in [0.2, 0.25) is 6.41 Å². The minimum absolute atomic E-state index is 0.350. The van der Waals surface area contributed by atoms with Crippen LogP contribution < -0.4 is 5.32 Å². The fourth-order valence-corrected chi connectivity index (χ4v) is 4.88. The monoisotopic (exact) mass is 483 g/mol. The highest BCUT2D eigenvalue weighted by Crippen LogP contribution is 2.45. The molecule has 0 aliphatic carbocycles.